The number of carbonyl (C=O) groups excluding carboxylic acids is 1. The fourth-order valence-electron chi connectivity index (χ4n) is 2.92. The summed E-state index contributed by atoms with van der Waals surface area (Å²) in [4.78, 5) is 17.8. The largest absolute Gasteiger partial charge is 0.441 e. The number of hydrogen-bond donors (Lipinski definition) is 2. The molecule has 1 aromatic carbocycles. The molecule has 25 heavy (non-hydrogen) atoms. The minimum atomic E-state index is -0.286. The highest BCUT2D eigenvalue weighted by molar-refractivity contribution is 5.88. The third kappa shape index (κ3) is 2.82. The number of oxazole rings is 1. The molecule has 0 unspecified atom stereocenters. The van der Waals surface area contributed by atoms with E-state index in [1.807, 2.05) is 35.9 Å². The van der Waals surface area contributed by atoms with Crippen molar-refractivity contribution in [1.82, 2.24) is 20.1 Å². The van der Waals surface area contributed by atoms with Crippen molar-refractivity contribution >= 4 is 23.4 Å². The van der Waals surface area contributed by atoms with Gasteiger partial charge in [0.15, 0.2) is 17.5 Å². The zero-order valence-electron chi connectivity index (χ0n) is 14.0. The Kier molecular flexibility index (Phi) is 3.64. The second-order valence-corrected chi connectivity index (χ2v) is 5.76. The van der Waals surface area contributed by atoms with Gasteiger partial charge in [0.25, 0.3) is 0 Å². The van der Waals surface area contributed by atoms with E-state index in [1.54, 1.807) is 13.2 Å². The van der Waals surface area contributed by atoms with Crippen LogP contribution in [0.1, 0.15) is 5.89 Å². The third-order valence-electron chi connectivity index (χ3n) is 4.10. The second-order valence-electron chi connectivity index (χ2n) is 5.76. The number of nitrogens with zero attached hydrogens (tertiary/aromatic N) is 4. The number of benzene rings is 1. The molecule has 4 rings (SSSR count). The highest BCUT2D eigenvalue weighted by Gasteiger charge is 2.23. The van der Waals surface area contributed by atoms with E-state index in [4.69, 9.17) is 4.42 Å². The Morgan fingerprint density at radius 1 is 1.28 bits per heavy atom. The summed E-state index contributed by atoms with van der Waals surface area (Å²) in [6.45, 7) is 3.41. The van der Waals surface area contributed by atoms with E-state index < -0.39 is 0 Å². The van der Waals surface area contributed by atoms with Gasteiger partial charge in [-0.1, -0.05) is 12.1 Å². The number of carbonyl (C=O) groups is 1. The number of aryl methyl sites for hydroxylation is 1. The highest BCUT2D eigenvalue weighted by Crippen LogP contribution is 2.34. The van der Waals surface area contributed by atoms with Crippen LogP contribution in [-0.4, -0.2) is 34.4 Å². The maximum Gasteiger partial charge on any atom is 0.320 e. The van der Waals surface area contributed by atoms with Gasteiger partial charge in [0.1, 0.15) is 5.82 Å². The van der Waals surface area contributed by atoms with Crippen LogP contribution in [0, 0.1) is 6.92 Å². The van der Waals surface area contributed by atoms with Crippen LogP contribution in [-0.2, 0) is 6.54 Å². The molecule has 1 aliphatic heterocycles. The zero-order chi connectivity index (χ0) is 17.4. The van der Waals surface area contributed by atoms with Crippen LogP contribution in [0.2, 0.25) is 0 Å². The van der Waals surface area contributed by atoms with Crippen LogP contribution in [0.3, 0.4) is 0 Å². The summed E-state index contributed by atoms with van der Waals surface area (Å²) in [5.41, 5.74) is 2.01. The summed E-state index contributed by atoms with van der Waals surface area (Å²) >= 11 is 0. The lowest BCUT2D eigenvalue weighted by molar-refractivity contribution is 0.254. The van der Waals surface area contributed by atoms with Crippen LogP contribution in [0.4, 0.5) is 22.1 Å². The van der Waals surface area contributed by atoms with E-state index in [2.05, 4.69) is 31.7 Å². The van der Waals surface area contributed by atoms with Gasteiger partial charge in [-0.15, -0.1) is 0 Å². The van der Waals surface area contributed by atoms with Gasteiger partial charge in [-0.3, -0.25) is 5.32 Å². The Balaban J connectivity index is 1.63. The van der Waals surface area contributed by atoms with Crippen LogP contribution in [0.5, 0.6) is 0 Å². The molecule has 0 aliphatic carbocycles. The molecule has 0 bridgehead atoms. The van der Waals surface area contributed by atoms with E-state index in [0.717, 1.165) is 35.9 Å². The number of nitrogens with one attached hydrogen (secondary N) is 2. The number of fused-ring (bicyclic) bond motifs is 1. The molecule has 2 aromatic heterocycles. The highest BCUT2D eigenvalue weighted by atomic mass is 16.4. The zero-order valence-corrected chi connectivity index (χ0v) is 14.0. The molecule has 0 saturated heterocycles. The first-order valence-electron chi connectivity index (χ1n) is 8.01. The first kappa shape index (κ1) is 15.3. The van der Waals surface area contributed by atoms with E-state index in [9.17, 15) is 4.79 Å². The van der Waals surface area contributed by atoms with Crippen molar-refractivity contribution < 1.29 is 9.21 Å². The first-order chi connectivity index (χ1) is 12.1. The summed E-state index contributed by atoms with van der Waals surface area (Å²) in [7, 11) is 1.57. The molecular formula is C17H18N6O2. The fraction of sp³-hybridized carbons (Fsp3) is 0.235. The van der Waals surface area contributed by atoms with Gasteiger partial charge in [-0.05, 0) is 12.1 Å². The van der Waals surface area contributed by atoms with E-state index in [0.29, 0.717) is 11.7 Å². The lowest BCUT2D eigenvalue weighted by Gasteiger charge is -2.17. The minimum absolute atomic E-state index is 0.286. The molecule has 3 heterocycles. The average Bonchev–Trinajstić information content (AvgIpc) is 3.30. The maximum atomic E-state index is 11.5. The van der Waals surface area contributed by atoms with Gasteiger partial charge in [0.05, 0.1) is 12.7 Å². The molecule has 2 N–H and O–H groups in total. The van der Waals surface area contributed by atoms with Crippen molar-refractivity contribution in [2.45, 2.75) is 13.5 Å². The average molecular weight is 338 g/mol. The molecule has 128 valence electrons. The van der Waals surface area contributed by atoms with Gasteiger partial charge in [0.2, 0.25) is 0 Å². The summed E-state index contributed by atoms with van der Waals surface area (Å²) in [5.74, 6) is 2.86. The van der Waals surface area contributed by atoms with E-state index in [-0.39, 0.29) is 6.03 Å². The van der Waals surface area contributed by atoms with Gasteiger partial charge in [-0.25, -0.2) is 14.5 Å². The van der Waals surface area contributed by atoms with Crippen LogP contribution >= 0.6 is 0 Å². The maximum absolute atomic E-state index is 11.5. The van der Waals surface area contributed by atoms with Crippen LogP contribution < -0.4 is 15.5 Å². The quantitative estimate of drug-likeness (QED) is 0.766. The number of urea groups is 1. The van der Waals surface area contributed by atoms with Crippen molar-refractivity contribution in [2.24, 2.45) is 0 Å². The molecule has 0 saturated carbocycles. The molecule has 2 amide bonds. The van der Waals surface area contributed by atoms with E-state index >= 15 is 0 Å². The predicted molar refractivity (Wildman–Crippen MR) is 94.0 cm³/mol. The lowest BCUT2D eigenvalue weighted by Crippen LogP contribution is -2.24. The minimum Gasteiger partial charge on any atom is -0.441 e. The fourth-order valence-corrected chi connectivity index (χ4v) is 2.92. The lowest BCUT2D eigenvalue weighted by atomic mass is 10.1. The second kappa shape index (κ2) is 5.97. The van der Waals surface area contributed by atoms with Gasteiger partial charge < -0.3 is 14.6 Å². The molecule has 0 radical (unpaired) electrons. The standard InChI is InChI=1S/C17H18N6O2/c1-11-19-10-14(25-11)12-4-3-5-13(8-12)22-6-7-23-16(22)9-15(21-23)20-17(24)18-2/h3-5,8-10H,6-7H2,1-2H3,(H2,18,20,21,24). The Bertz CT molecular complexity index is 929. The Morgan fingerprint density at radius 3 is 2.92 bits per heavy atom. The Morgan fingerprint density at radius 2 is 2.16 bits per heavy atom. The van der Waals surface area contributed by atoms with Crippen LogP contribution in [0.25, 0.3) is 11.3 Å². The van der Waals surface area contributed by atoms with Crippen LogP contribution in [0.15, 0.2) is 40.9 Å². The molecule has 0 atom stereocenters. The van der Waals surface area contributed by atoms with Crippen molar-refractivity contribution in [1.29, 1.82) is 0 Å². The Labute approximate surface area is 144 Å². The number of amides is 2. The normalized spacial score (nSPS) is 13.0. The molecule has 0 spiro atoms. The Hall–Kier alpha value is -3.29. The van der Waals surface area contributed by atoms with Gasteiger partial charge in [0, 0.05) is 37.8 Å². The van der Waals surface area contributed by atoms with Crippen molar-refractivity contribution in [3.63, 3.8) is 0 Å². The first-order valence-corrected chi connectivity index (χ1v) is 8.01. The van der Waals surface area contributed by atoms with E-state index in [1.165, 1.54) is 0 Å². The molecular weight excluding hydrogens is 320 g/mol. The monoisotopic (exact) mass is 338 g/mol. The molecule has 0 fully saturated rings. The SMILES string of the molecule is CNC(=O)Nc1cc2n(n1)CCN2c1cccc(-c2cnc(C)o2)c1. The summed E-state index contributed by atoms with van der Waals surface area (Å²) in [6, 6.07) is 9.68. The molecule has 8 nitrogen and oxygen atoms in total. The van der Waals surface area contributed by atoms with Crippen molar-refractivity contribution in [2.75, 3.05) is 23.8 Å². The van der Waals surface area contributed by atoms with Crippen molar-refractivity contribution in [3.8, 4) is 11.3 Å². The number of rotatable bonds is 3. The molecule has 8 heteroatoms. The topological polar surface area (TPSA) is 88.2 Å². The predicted octanol–water partition coefficient (Wildman–Crippen LogP) is 2.75. The molecule has 3 aromatic rings. The molecule has 1 aliphatic rings. The summed E-state index contributed by atoms with van der Waals surface area (Å²) in [5, 5.41) is 9.63. The smallest absolute Gasteiger partial charge is 0.320 e. The number of hydrogen-bond acceptors (Lipinski definition) is 5. The summed E-state index contributed by atoms with van der Waals surface area (Å²) < 4.78 is 7.50. The van der Waals surface area contributed by atoms with Gasteiger partial charge >= 0.3 is 6.03 Å². The summed E-state index contributed by atoms with van der Waals surface area (Å²) in [6.07, 6.45) is 1.73. The number of aromatic nitrogens is 3. The third-order valence-corrected chi connectivity index (χ3v) is 4.10. The van der Waals surface area contributed by atoms with Crippen molar-refractivity contribution in [3.05, 3.63) is 42.4 Å². The van der Waals surface area contributed by atoms with Gasteiger partial charge in [-0.2, -0.15) is 5.10 Å². The number of anilines is 3.